The van der Waals surface area contributed by atoms with Gasteiger partial charge in [0, 0.05) is 20.6 Å². The van der Waals surface area contributed by atoms with Gasteiger partial charge in [0.2, 0.25) is 15.9 Å². The van der Waals surface area contributed by atoms with Crippen LogP contribution in [0.2, 0.25) is 0 Å². The van der Waals surface area contributed by atoms with Gasteiger partial charge in [0.15, 0.2) is 0 Å². The number of rotatable bonds is 5. The average Bonchev–Trinajstić information content (AvgIpc) is 2.38. The summed E-state index contributed by atoms with van der Waals surface area (Å²) in [5.74, 6) is -1.17. The number of anilines is 1. The molecule has 0 aliphatic carbocycles. The fraction of sp³-hybridized carbons (Fsp3) is 0.417. The topological polar surface area (TPSA) is 83.7 Å². The fourth-order valence-corrected chi connectivity index (χ4v) is 3.06. The van der Waals surface area contributed by atoms with Crippen LogP contribution in [0.25, 0.3) is 0 Å². The number of sulfonamides is 1. The van der Waals surface area contributed by atoms with Crippen molar-refractivity contribution in [2.45, 2.75) is 11.8 Å². The van der Waals surface area contributed by atoms with Gasteiger partial charge in [0.25, 0.3) is 0 Å². The van der Waals surface area contributed by atoms with Crippen molar-refractivity contribution in [1.82, 2.24) is 9.21 Å². The molecule has 2 N–H and O–H groups in total. The molecule has 1 rings (SSSR count). The molecule has 0 aromatic heterocycles. The average molecular weight is 303 g/mol. The lowest BCUT2D eigenvalue weighted by Crippen LogP contribution is -2.40. The van der Waals surface area contributed by atoms with E-state index in [1.165, 1.54) is 31.1 Å². The molecule has 0 aliphatic heterocycles. The van der Waals surface area contributed by atoms with Gasteiger partial charge in [-0.25, -0.2) is 12.8 Å². The van der Waals surface area contributed by atoms with Crippen LogP contribution in [-0.2, 0) is 14.8 Å². The molecule has 0 saturated heterocycles. The first-order chi connectivity index (χ1) is 9.21. The lowest BCUT2D eigenvalue weighted by Gasteiger charge is -2.22. The molecule has 0 fully saturated rings. The van der Waals surface area contributed by atoms with Gasteiger partial charge in [-0.05, 0) is 12.1 Å². The predicted molar refractivity (Wildman–Crippen MR) is 73.9 cm³/mol. The van der Waals surface area contributed by atoms with Gasteiger partial charge < -0.3 is 10.6 Å². The molecule has 8 heteroatoms. The van der Waals surface area contributed by atoms with E-state index in [1.807, 2.05) is 0 Å². The number of hydrogen-bond acceptors (Lipinski definition) is 4. The number of nitrogens with two attached hydrogens (primary N) is 1. The van der Waals surface area contributed by atoms with Crippen LogP contribution in [0.15, 0.2) is 23.1 Å². The third-order valence-corrected chi connectivity index (χ3v) is 4.77. The minimum atomic E-state index is -4.01. The highest BCUT2D eigenvalue weighted by Gasteiger charge is 2.28. The highest BCUT2D eigenvalue weighted by atomic mass is 32.2. The maximum atomic E-state index is 13.4. The van der Waals surface area contributed by atoms with Gasteiger partial charge in [-0.2, -0.15) is 4.31 Å². The second-order valence-electron chi connectivity index (χ2n) is 4.37. The molecule has 0 bridgehead atoms. The number of amides is 1. The molecule has 0 atom stereocenters. The van der Waals surface area contributed by atoms with Crippen molar-refractivity contribution in [2.75, 3.05) is 32.9 Å². The number of halogens is 1. The summed E-state index contributed by atoms with van der Waals surface area (Å²) in [5.41, 5.74) is 5.03. The zero-order valence-electron chi connectivity index (χ0n) is 11.6. The summed E-state index contributed by atoms with van der Waals surface area (Å²) in [6, 6.07) is 3.56. The summed E-state index contributed by atoms with van der Waals surface area (Å²) >= 11 is 0. The Hall–Kier alpha value is -1.67. The van der Waals surface area contributed by atoms with Crippen LogP contribution in [0.1, 0.15) is 6.92 Å². The summed E-state index contributed by atoms with van der Waals surface area (Å²) in [6.45, 7) is 1.36. The van der Waals surface area contributed by atoms with E-state index in [4.69, 9.17) is 5.73 Å². The number of nitrogen functional groups attached to an aromatic ring is 1. The molecule has 0 unspecified atom stereocenters. The molecule has 112 valence electrons. The molecule has 6 nitrogen and oxygen atoms in total. The second kappa shape index (κ2) is 6.19. The van der Waals surface area contributed by atoms with Crippen LogP contribution < -0.4 is 5.73 Å². The monoisotopic (exact) mass is 303 g/mol. The maximum Gasteiger partial charge on any atom is 0.245 e. The summed E-state index contributed by atoms with van der Waals surface area (Å²) in [4.78, 5) is 12.6. The molecule has 0 radical (unpaired) electrons. The molecular formula is C12H18FN3O3S. The smallest absolute Gasteiger partial charge is 0.245 e. The highest BCUT2D eigenvalue weighted by molar-refractivity contribution is 7.89. The van der Waals surface area contributed by atoms with Crippen molar-refractivity contribution < 1.29 is 17.6 Å². The molecule has 0 saturated carbocycles. The van der Waals surface area contributed by atoms with E-state index in [9.17, 15) is 17.6 Å². The van der Waals surface area contributed by atoms with Crippen LogP contribution in [0, 0.1) is 5.82 Å². The van der Waals surface area contributed by atoms with Crippen LogP contribution in [-0.4, -0.2) is 50.7 Å². The Labute approximate surface area is 118 Å². The van der Waals surface area contributed by atoms with E-state index in [0.29, 0.717) is 0 Å². The number of likely N-dealkylation sites (N-methyl/N-ethyl adjacent to an activating group) is 2. The predicted octanol–water partition coefficient (Wildman–Crippen LogP) is 0.507. The van der Waals surface area contributed by atoms with Crippen molar-refractivity contribution in [3.63, 3.8) is 0 Å². The zero-order chi connectivity index (χ0) is 15.5. The van der Waals surface area contributed by atoms with E-state index in [-0.39, 0.29) is 23.9 Å². The first-order valence-corrected chi connectivity index (χ1v) is 7.40. The minimum Gasteiger partial charge on any atom is -0.395 e. The molecular weight excluding hydrogens is 285 g/mol. The van der Waals surface area contributed by atoms with E-state index in [0.717, 1.165) is 10.4 Å². The van der Waals surface area contributed by atoms with Gasteiger partial charge in [-0.3, -0.25) is 4.79 Å². The number of hydrogen-bond donors (Lipinski definition) is 1. The first-order valence-electron chi connectivity index (χ1n) is 5.96. The molecule has 0 spiro atoms. The minimum absolute atomic E-state index is 0.0812. The van der Waals surface area contributed by atoms with Gasteiger partial charge in [0.1, 0.15) is 10.7 Å². The summed E-state index contributed by atoms with van der Waals surface area (Å²) in [5, 5.41) is 0. The molecule has 1 amide bonds. The van der Waals surface area contributed by atoms with Crippen LogP contribution >= 0.6 is 0 Å². The largest absolute Gasteiger partial charge is 0.395 e. The number of para-hydroxylation sites is 1. The van der Waals surface area contributed by atoms with E-state index < -0.39 is 21.5 Å². The molecule has 1 aromatic carbocycles. The number of carbonyl (C=O) groups excluding carboxylic acids is 1. The lowest BCUT2D eigenvalue weighted by atomic mass is 10.3. The zero-order valence-corrected chi connectivity index (χ0v) is 12.4. The van der Waals surface area contributed by atoms with E-state index in [1.54, 1.807) is 6.92 Å². The third kappa shape index (κ3) is 3.26. The highest BCUT2D eigenvalue weighted by Crippen LogP contribution is 2.24. The van der Waals surface area contributed by atoms with E-state index in [2.05, 4.69) is 0 Å². The maximum absolute atomic E-state index is 13.4. The summed E-state index contributed by atoms with van der Waals surface area (Å²) < 4.78 is 39.1. The standard InChI is InChI=1S/C12H18FN3O3S/c1-4-16(8-11(17)15(2)3)20(18,19)10-7-5-6-9(13)12(10)14/h5-7H,4,8,14H2,1-3H3. The first kappa shape index (κ1) is 16.4. The number of nitrogens with zero attached hydrogens (tertiary/aromatic N) is 2. The van der Waals surface area contributed by atoms with E-state index >= 15 is 0 Å². The van der Waals surface area contributed by atoms with Gasteiger partial charge in [-0.1, -0.05) is 13.0 Å². The third-order valence-electron chi connectivity index (χ3n) is 2.79. The van der Waals surface area contributed by atoms with Gasteiger partial charge >= 0.3 is 0 Å². The Bertz CT molecular complexity index is 602. The van der Waals surface area contributed by atoms with Gasteiger partial charge in [0.05, 0.1) is 12.2 Å². The van der Waals surface area contributed by atoms with Crippen molar-refractivity contribution >= 4 is 21.6 Å². The molecule has 0 heterocycles. The Morgan fingerprint density at radius 2 is 1.95 bits per heavy atom. The number of benzene rings is 1. The van der Waals surface area contributed by atoms with Crippen molar-refractivity contribution in [2.24, 2.45) is 0 Å². The van der Waals surface area contributed by atoms with Crippen LogP contribution in [0.5, 0.6) is 0 Å². The van der Waals surface area contributed by atoms with Crippen molar-refractivity contribution in [3.05, 3.63) is 24.0 Å². The molecule has 20 heavy (non-hydrogen) atoms. The Kier molecular flexibility index (Phi) is 5.07. The normalized spacial score (nSPS) is 11.7. The summed E-state index contributed by atoms with van der Waals surface area (Å²) in [7, 11) is -0.958. The SMILES string of the molecule is CCN(CC(=O)N(C)C)S(=O)(=O)c1cccc(F)c1N. The van der Waals surface area contributed by atoms with Crippen LogP contribution in [0.4, 0.5) is 10.1 Å². The Balaban J connectivity index is 3.19. The van der Waals surface area contributed by atoms with Gasteiger partial charge in [-0.15, -0.1) is 0 Å². The summed E-state index contributed by atoms with van der Waals surface area (Å²) in [6.07, 6.45) is 0. The quantitative estimate of drug-likeness (QED) is 0.803. The lowest BCUT2D eigenvalue weighted by molar-refractivity contribution is -0.128. The number of carbonyl (C=O) groups is 1. The van der Waals surface area contributed by atoms with Crippen molar-refractivity contribution in [3.8, 4) is 0 Å². The molecule has 1 aromatic rings. The van der Waals surface area contributed by atoms with Crippen LogP contribution in [0.3, 0.4) is 0 Å². The molecule has 0 aliphatic rings. The Morgan fingerprint density at radius 1 is 1.35 bits per heavy atom. The Morgan fingerprint density at radius 3 is 2.45 bits per heavy atom. The van der Waals surface area contributed by atoms with Crippen molar-refractivity contribution in [1.29, 1.82) is 0 Å². The fourth-order valence-electron chi connectivity index (χ4n) is 1.54. The second-order valence-corrected chi connectivity index (χ2v) is 6.28.